The molecule has 5 aromatic rings. The molecule has 0 bridgehead atoms. The van der Waals surface area contributed by atoms with E-state index in [2.05, 4.69) is 15.6 Å². The van der Waals surface area contributed by atoms with E-state index in [-0.39, 0.29) is 52.5 Å². The molecule has 0 spiro atoms. The van der Waals surface area contributed by atoms with Crippen molar-refractivity contribution in [1.82, 2.24) is 20.5 Å². The van der Waals surface area contributed by atoms with Crippen LogP contribution >= 0.6 is 0 Å². The van der Waals surface area contributed by atoms with Gasteiger partial charge in [-0.2, -0.15) is 0 Å². The highest BCUT2D eigenvalue weighted by Gasteiger charge is 2.40. The molecule has 0 aliphatic carbocycles. The van der Waals surface area contributed by atoms with Crippen molar-refractivity contribution >= 4 is 34.3 Å². The highest BCUT2D eigenvalue weighted by atomic mass is 16.5. The third-order valence-corrected chi connectivity index (χ3v) is 9.56. The zero-order valence-electron chi connectivity index (χ0n) is 29.4. The lowest BCUT2D eigenvalue weighted by molar-refractivity contribution is -0.155. The molecule has 4 aromatic carbocycles. The van der Waals surface area contributed by atoms with Crippen LogP contribution in [-0.2, 0) is 21.7 Å². The van der Waals surface area contributed by atoms with Crippen molar-refractivity contribution in [3.8, 4) is 11.5 Å². The summed E-state index contributed by atoms with van der Waals surface area (Å²) < 4.78 is 5.48. The van der Waals surface area contributed by atoms with Crippen molar-refractivity contribution < 1.29 is 39.5 Å². The zero-order valence-corrected chi connectivity index (χ0v) is 29.4. The molecule has 1 aromatic heterocycles. The number of phenols is 1. The number of aliphatic hydroxyl groups is 2. The van der Waals surface area contributed by atoms with E-state index in [9.17, 15) is 39.6 Å². The maximum atomic E-state index is 13.1. The average molecular weight is 733 g/mol. The van der Waals surface area contributed by atoms with Gasteiger partial charge in [-0.15, -0.1) is 0 Å². The number of benzene rings is 4. The van der Waals surface area contributed by atoms with Crippen molar-refractivity contribution in [1.29, 1.82) is 0 Å². The summed E-state index contributed by atoms with van der Waals surface area (Å²) in [6.07, 6.45) is 1.43. The first kappa shape index (κ1) is 37.5. The summed E-state index contributed by atoms with van der Waals surface area (Å²) in [7, 11) is 1.44. The van der Waals surface area contributed by atoms with Gasteiger partial charge in [0.05, 0.1) is 30.8 Å². The fourth-order valence-electron chi connectivity index (χ4n) is 6.60. The molecule has 13 nitrogen and oxygen atoms in total. The third kappa shape index (κ3) is 7.88. The molecule has 6 rings (SSSR count). The predicted octanol–water partition coefficient (Wildman–Crippen LogP) is 3.43. The number of hydrogen-bond acceptors (Lipinski definition) is 9. The number of rotatable bonds is 13. The van der Waals surface area contributed by atoms with Crippen LogP contribution in [0.3, 0.4) is 0 Å². The molecule has 0 radical (unpaired) electrons. The van der Waals surface area contributed by atoms with Gasteiger partial charge in [0.25, 0.3) is 5.91 Å². The van der Waals surface area contributed by atoms with E-state index >= 15 is 0 Å². The van der Waals surface area contributed by atoms with Gasteiger partial charge in [-0.1, -0.05) is 66.7 Å². The normalized spacial score (nSPS) is 14.5. The Morgan fingerprint density at radius 3 is 2.46 bits per heavy atom. The minimum atomic E-state index is -2.23. The van der Waals surface area contributed by atoms with Gasteiger partial charge in [-0.05, 0) is 64.6 Å². The topological polar surface area (TPSA) is 202 Å². The predicted molar refractivity (Wildman–Crippen MR) is 201 cm³/mol. The summed E-state index contributed by atoms with van der Waals surface area (Å²) in [5.41, 5.74) is 1.33. The van der Waals surface area contributed by atoms with E-state index in [1.54, 1.807) is 83.8 Å². The molecule has 2 heterocycles. The molecular formula is C41H40N4O9. The van der Waals surface area contributed by atoms with Gasteiger partial charge >= 0.3 is 5.97 Å². The van der Waals surface area contributed by atoms with E-state index in [1.165, 1.54) is 19.2 Å². The van der Waals surface area contributed by atoms with Crippen LogP contribution in [0.5, 0.6) is 11.5 Å². The number of carbonyl (C=O) groups excluding carboxylic acids is 2. The lowest BCUT2D eigenvalue weighted by Gasteiger charge is -2.28. The first-order valence-corrected chi connectivity index (χ1v) is 17.3. The molecule has 1 aliphatic rings. The second-order valence-electron chi connectivity index (χ2n) is 12.9. The van der Waals surface area contributed by atoms with Gasteiger partial charge < -0.3 is 45.7 Å². The Bertz CT molecular complexity index is 2290. The number of aliphatic hydroxyl groups excluding tert-OH is 1. The Hall–Kier alpha value is -6.28. The van der Waals surface area contributed by atoms with Crippen LogP contribution in [0.25, 0.3) is 16.5 Å². The maximum absolute atomic E-state index is 13.1. The van der Waals surface area contributed by atoms with Crippen LogP contribution in [0.1, 0.15) is 50.7 Å². The molecule has 2 unspecified atom stereocenters. The second-order valence-corrected chi connectivity index (χ2v) is 12.9. The number of nitrogens with zero attached hydrogens (tertiary/aromatic N) is 1. The lowest BCUT2D eigenvalue weighted by Crippen LogP contribution is -2.42. The first-order chi connectivity index (χ1) is 26.0. The van der Waals surface area contributed by atoms with Crippen LogP contribution in [0, 0.1) is 0 Å². The minimum absolute atomic E-state index is 0.0932. The molecule has 13 heteroatoms. The monoisotopic (exact) mass is 732 g/mol. The number of nitrogens with one attached hydrogen (secondary N) is 3. The number of H-pyrrole nitrogens is 1. The zero-order chi connectivity index (χ0) is 38.4. The smallest absolute Gasteiger partial charge is 0.345 e. The molecular weight excluding hydrogens is 692 g/mol. The van der Waals surface area contributed by atoms with Crippen molar-refractivity contribution in [3.05, 3.63) is 147 Å². The van der Waals surface area contributed by atoms with E-state index in [1.807, 2.05) is 12.1 Å². The summed E-state index contributed by atoms with van der Waals surface area (Å²) in [5.74, 6) is -1.93. The van der Waals surface area contributed by atoms with Crippen LogP contribution < -0.4 is 20.9 Å². The van der Waals surface area contributed by atoms with Gasteiger partial charge in [0.1, 0.15) is 11.5 Å². The maximum Gasteiger partial charge on any atom is 0.345 e. The summed E-state index contributed by atoms with van der Waals surface area (Å²) >= 11 is 0. The SMILES string of the molecule is COc1cc(CNCC(O)c2ccc(O)c3[nH]c(=O)ccc23)ccc1C(=O)NCC(=O)N1CC=C(c2cccc(C(O)(C(=O)O)c3ccccc3)c2)CC1. The third-order valence-electron chi connectivity index (χ3n) is 9.56. The van der Waals surface area contributed by atoms with E-state index in [4.69, 9.17) is 4.74 Å². The molecule has 1 aliphatic heterocycles. The highest BCUT2D eigenvalue weighted by molar-refractivity contribution is 5.99. The number of aromatic hydroxyl groups is 1. The Morgan fingerprint density at radius 1 is 0.963 bits per heavy atom. The molecule has 7 N–H and O–H groups in total. The number of hydrogen-bond donors (Lipinski definition) is 7. The number of fused-ring (bicyclic) bond motifs is 1. The molecule has 278 valence electrons. The van der Waals surface area contributed by atoms with Crippen LogP contribution in [0.4, 0.5) is 0 Å². The Balaban J connectivity index is 1.02. The fraction of sp³-hybridized carbons (Fsp3) is 0.220. The Kier molecular flexibility index (Phi) is 11.2. The number of methoxy groups -OCH3 is 1. The quantitative estimate of drug-likeness (QED) is 0.0941. The standard InChI is InChI=1S/C41H40N4O9/c1-54-35-20-25(22-42-23-34(47)30-12-14-33(46)38-31(30)13-15-36(48)44-38)10-11-32(35)39(50)43-24-37(49)45-18-16-26(17-19-45)27-6-5-9-29(21-27)41(53,40(51)52)28-7-3-2-4-8-28/h2-16,20-21,34,42,46-47,53H,17-19,22-24H2,1H3,(H,43,50)(H,44,48)(H,51,52). The van der Waals surface area contributed by atoms with Crippen molar-refractivity contribution in [3.63, 3.8) is 0 Å². The highest BCUT2D eigenvalue weighted by Crippen LogP contribution is 2.33. The minimum Gasteiger partial charge on any atom is -0.506 e. The Morgan fingerprint density at radius 2 is 1.74 bits per heavy atom. The number of carbonyl (C=O) groups is 3. The number of amides is 2. The second kappa shape index (κ2) is 16.2. The first-order valence-electron chi connectivity index (χ1n) is 17.3. The fourth-order valence-corrected chi connectivity index (χ4v) is 6.60. The molecule has 2 atom stereocenters. The summed E-state index contributed by atoms with van der Waals surface area (Å²) in [4.78, 5) is 54.4. The molecule has 0 saturated carbocycles. The van der Waals surface area contributed by atoms with Gasteiger partial charge in [0, 0.05) is 43.2 Å². The van der Waals surface area contributed by atoms with Crippen LogP contribution in [0.2, 0.25) is 0 Å². The average Bonchev–Trinajstić information content (AvgIpc) is 3.20. The van der Waals surface area contributed by atoms with E-state index < -0.39 is 23.6 Å². The van der Waals surface area contributed by atoms with Crippen LogP contribution in [-0.4, -0.2) is 81.4 Å². The van der Waals surface area contributed by atoms with E-state index in [0.717, 1.165) is 16.7 Å². The number of aliphatic carboxylic acids is 1. The molecule has 54 heavy (non-hydrogen) atoms. The van der Waals surface area contributed by atoms with E-state index in [0.29, 0.717) is 42.8 Å². The van der Waals surface area contributed by atoms with Gasteiger partial charge in [0.15, 0.2) is 0 Å². The largest absolute Gasteiger partial charge is 0.506 e. The number of carboxylic acid groups (broad SMARTS) is 1. The number of phenolic OH excluding ortho intramolecular Hbond substituents is 1. The summed E-state index contributed by atoms with van der Waals surface area (Å²) in [6, 6.07) is 25.9. The number of aromatic nitrogens is 1. The van der Waals surface area contributed by atoms with Crippen molar-refractivity contribution in [2.75, 3.05) is 33.3 Å². The van der Waals surface area contributed by atoms with Crippen molar-refractivity contribution in [2.45, 2.75) is 24.7 Å². The summed E-state index contributed by atoms with van der Waals surface area (Å²) in [5, 5.41) is 48.6. The van der Waals surface area contributed by atoms with Gasteiger partial charge in [0.2, 0.25) is 17.1 Å². The molecule has 0 saturated heterocycles. The number of aromatic amines is 1. The molecule has 2 amide bonds. The number of pyridine rings is 1. The number of ether oxygens (including phenoxy) is 1. The summed E-state index contributed by atoms with van der Waals surface area (Å²) in [6.45, 7) is 0.939. The molecule has 0 fully saturated rings. The Labute approximate surface area is 310 Å². The van der Waals surface area contributed by atoms with Gasteiger partial charge in [-0.3, -0.25) is 14.4 Å². The number of carboxylic acids is 1. The van der Waals surface area contributed by atoms with Crippen LogP contribution in [0.15, 0.2) is 108 Å². The van der Waals surface area contributed by atoms with Crippen molar-refractivity contribution in [2.24, 2.45) is 0 Å². The lowest BCUT2D eigenvalue weighted by atomic mass is 9.84. The van der Waals surface area contributed by atoms with Gasteiger partial charge in [-0.25, -0.2) is 4.79 Å².